The van der Waals surface area contributed by atoms with Gasteiger partial charge in [-0.25, -0.2) is 4.79 Å². The Bertz CT molecular complexity index is 594. The van der Waals surface area contributed by atoms with Gasteiger partial charge in [-0.3, -0.25) is 14.6 Å². The summed E-state index contributed by atoms with van der Waals surface area (Å²) in [6.45, 7) is 4.17. The summed E-state index contributed by atoms with van der Waals surface area (Å²) >= 11 is 0. The van der Waals surface area contributed by atoms with Crippen LogP contribution >= 0.6 is 0 Å². The Kier molecular flexibility index (Phi) is 4.02. The van der Waals surface area contributed by atoms with Crippen molar-refractivity contribution in [1.82, 2.24) is 4.90 Å². The van der Waals surface area contributed by atoms with Crippen LogP contribution < -0.4 is 10.6 Å². The first-order chi connectivity index (χ1) is 10.6. The lowest BCUT2D eigenvalue weighted by atomic mass is 9.99. The van der Waals surface area contributed by atoms with Crippen molar-refractivity contribution >= 4 is 17.7 Å². The molecule has 1 saturated heterocycles. The molecule has 1 aromatic carbocycles. The molecule has 1 aromatic rings. The molecule has 6 nitrogen and oxygen atoms in total. The molecule has 2 amide bonds. The number of ether oxygens (including phenoxy) is 1. The fourth-order valence-electron chi connectivity index (χ4n) is 3.37. The van der Waals surface area contributed by atoms with Gasteiger partial charge in [0.05, 0.1) is 12.2 Å². The minimum Gasteiger partial charge on any atom is -0.444 e. The molecule has 3 rings (SSSR count). The average molecular weight is 303 g/mol. The summed E-state index contributed by atoms with van der Waals surface area (Å²) in [6, 6.07) is 6.12. The van der Waals surface area contributed by atoms with Crippen molar-refractivity contribution in [3.8, 4) is 0 Å². The van der Waals surface area contributed by atoms with Crippen LogP contribution in [0.1, 0.15) is 24.0 Å². The van der Waals surface area contributed by atoms with E-state index < -0.39 is 0 Å². The first-order valence-corrected chi connectivity index (χ1v) is 7.61. The van der Waals surface area contributed by atoms with E-state index in [-0.39, 0.29) is 24.6 Å². The summed E-state index contributed by atoms with van der Waals surface area (Å²) in [6.07, 6.45) is 1.36. The second-order valence-electron chi connectivity index (χ2n) is 5.98. The Morgan fingerprint density at radius 3 is 2.77 bits per heavy atom. The van der Waals surface area contributed by atoms with Crippen LogP contribution in [0.5, 0.6) is 0 Å². The molecular formula is C16H21N3O3. The summed E-state index contributed by atoms with van der Waals surface area (Å²) in [5.74, 6) is -0.308. The largest absolute Gasteiger partial charge is 0.444 e. The maximum absolute atomic E-state index is 12.3. The van der Waals surface area contributed by atoms with Crippen LogP contribution in [0.4, 0.5) is 10.5 Å². The van der Waals surface area contributed by atoms with Gasteiger partial charge in [-0.1, -0.05) is 18.2 Å². The van der Waals surface area contributed by atoms with Crippen LogP contribution in [-0.4, -0.2) is 42.6 Å². The quantitative estimate of drug-likeness (QED) is 0.916. The molecule has 0 aliphatic carbocycles. The summed E-state index contributed by atoms with van der Waals surface area (Å²) in [5.41, 5.74) is 8.38. The molecule has 2 aliphatic heterocycles. The second-order valence-corrected chi connectivity index (χ2v) is 5.98. The van der Waals surface area contributed by atoms with Gasteiger partial charge >= 0.3 is 6.09 Å². The van der Waals surface area contributed by atoms with Gasteiger partial charge in [0.25, 0.3) is 0 Å². The maximum atomic E-state index is 12.3. The van der Waals surface area contributed by atoms with Crippen molar-refractivity contribution in [1.29, 1.82) is 0 Å². The third kappa shape index (κ3) is 2.78. The second kappa shape index (κ2) is 5.96. The van der Waals surface area contributed by atoms with Crippen LogP contribution in [0.15, 0.2) is 18.2 Å². The van der Waals surface area contributed by atoms with Crippen molar-refractivity contribution in [2.24, 2.45) is 5.73 Å². The number of anilines is 1. The molecule has 2 heterocycles. The van der Waals surface area contributed by atoms with Crippen LogP contribution in [-0.2, 0) is 16.1 Å². The molecule has 0 saturated carbocycles. The van der Waals surface area contributed by atoms with Gasteiger partial charge in [-0.15, -0.1) is 0 Å². The molecule has 0 bridgehead atoms. The van der Waals surface area contributed by atoms with E-state index in [1.807, 2.05) is 30.0 Å². The van der Waals surface area contributed by atoms with E-state index in [2.05, 4.69) is 0 Å². The minimum absolute atomic E-state index is 0.108. The molecule has 22 heavy (non-hydrogen) atoms. The van der Waals surface area contributed by atoms with E-state index in [1.165, 1.54) is 0 Å². The number of likely N-dealkylation sites (tertiary alicyclic amines) is 1. The molecule has 1 fully saturated rings. The highest BCUT2D eigenvalue weighted by atomic mass is 16.6. The summed E-state index contributed by atoms with van der Waals surface area (Å²) in [5, 5.41) is 0. The zero-order chi connectivity index (χ0) is 15.7. The van der Waals surface area contributed by atoms with Gasteiger partial charge < -0.3 is 10.5 Å². The Hall–Kier alpha value is -2.08. The predicted molar refractivity (Wildman–Crippen MR) is 82.5 cm³/mol. The van der Waals surface area contributed by atoms with Crippen LogP contribution in [0, 0.1) is 6.92 Å². The number of para-hydroxylation sites is 1. The number of carbonyl (C=O) groups excluding carboxylic acids is 2. The zero-order valence-electron chi connectivity index (χ0n) is 12.7. The normalized spacial score (nSPS) is 19.7. The van der Waals surface area contributed by atoms with Gasteiger partial charge in [-0.05, 0) is 25.3 Å². The van der Waals surface area contributed by atoms with Crippen molar-refractivity contribution in [2.45, 2.75) is 32.4 Å². The van der Waals surface area contributed by atoms with E-state index in [0.29, 0.717) is 6.61 Å². The van der Waals surface area contributed by atoms with Crippen molar-refractivity contribution in [3.63, 3.8) is 0 Å². The van der Waals surface area contributed by atoms with E-state index in [0.717, 1.165) is 42.7 Å². The number of fused-ring (bicyclic) bond motifs is 1. The van der Waals surface area contributed by atoms with Crippen LogP contribution in [0.3, 0.4) is 0 Å². The number of hydrogen-bond donors (Lipinski definition) is 1. The Morgan fingerprint density at radius 1 is 1.36 bits per heavy atom. The molecule has 0 unspecified atom stereocenters. The van der Waals surface area contributed by atoms with Crippen LogP contribution in [0.2, 0.25) is 0 Å². The number of nitrogens with zero attached hydrogens (tertiary/aromatic N) is 2. The molecule has 6 heteroatoms. The number of rotatable bonds is 3. The van der Waals surface area contributed by atoms with Gasteiger partial charge in [0.1, 0.15) is 6.61 Å². The summed E-state index contributed by atoms with van der Waals surface area (Å²) < 4.78 is 5.32. The van der Waals surface area contributed by atoms with Crippen LogP contribution in [0.25, 0.3) is 0 Å². The Labute approximate surface area is 129 Å². The lowest BCUT2D eigenvalue weighted by Gasteiger charge is -2.40. The lowest BCUT2D eigenvalue weighted by Crippen LogP contribution is -2.50. The van der Waals surface area contributed by atoms with Crippen molar-refractivity contribution in [3.05, 3.63) is 29.3 Å². The highest BCUT2D eigenvalue weighted by molar-refractivity contribution is 5.92. The smallest absolute Gasteiger partial charge is 0.414 e. The number of benzene rings is 1. The summed E-state index contributed by atoms with van der Waals surface area (Å²) in [4.78, 5) is 27.1. The van der Waals surface area contributed by atoms with Crippen molar-refractivity contribution in [2.75, 3.05) is 24.5 Å². The van der Waals surface area contributed by atoms with Gasteiger partial charge in [0.2, 0.25) is 5.91 Å². The number of amides is 2. The molecule has 118 valence electrons. The van der Waals surface area contributed by atoms with E-state index in [9.17, 15) is 9.59 Å². The molecule has 0 radical (unpaired) electrons. The number of carbonyl (C=O) groups is 2. The predicted octanol–water partition coefficient (Wildman–Crippen LogP) is 1.40. The minimum atomic E-state index is -0.308. The number of primary amides is 1. The standard InChI is InChI=1S/C16H21N3O3/c1-11-3-2-4-12-10-22-16(21)19(15(11)12)13-5-7-18(8-6-13)9-14(17)20/h2-4,13H,5-10H2,1H3,(H2,17,20). The summed E-state index contributed by atoms with van der Waals surface area (Å²) in [7, 11) is 0. The monoisotopic (exact) mass is 303 g/mol. The Morgan fingerprint density at radius 2 is 2.09 bits per heavy atom. The fourth-order valence-corrected chi connectivity index (χ4v) is 3.37. The van der Waals surface area contributed by atoms with E-state index in [4.69, 9.17) is 10.5 Å². The molecular weight excluding hydrogens is 282 g/mol. The number of nitrogens with two attached hydrogens (primary N) is 1. The zero-order valence-corrected chi connectivity index (χ0v) is 12.7. The molecule has 2 N–H and O–H groups in total. The lowest BCUT2D eigenvalue weighted by molar-refractivity contribution is -0.119. The van der Waals surface area contributed by atoms with E-state index >= 15 is 0 Å². The molecule has 2 aliphatic rings. The maximum Gasteiger partial charge on any atom is 0.414 e. The number of aryl methyl sites for hydroxylation is 1. The van der Waals surface area contributed by atoms with E-state index in [1.54, 1.807) is 4.90 Å². The fraction of sp³-hybridized carbons (Fsp3) is 0.500. The third-order valence-electron chi connectivity index (χ3n) is 4.41. The third-order valence-corrected chi connectivity index (χ3v) is 4.41. The number of hydrogen-bond acceptors (Lipinski definition) is 4. The first kappa shape index (κ1) is 14.8. The number of cyclic esters (lactones) is 1. The number of piperidine rings is 1. The molecule has 0 spiro atoms. The Balaban J connectivity index is 1.78. The van der Waals surface area contributed by atoms with Crippen molar-refractivity contribution < 1.29 is 14.3 Å². The van der Waals surface area contributed by atoms with Gasteiger partial charge in [-0.2, -0.15) is 0 Å². The molecule has 0 aromatic heterocycles. The van der Waals surface area contributed by atoms with Gasteiger partial charge in [0, 0.05) is 24.7 Å². The SMILES string of the molecule is Cc1cccc2c1N(C1CCN(CC(N)=O)CC1)C(=O)OC2. The first-order valence-electron chi connectivity index (χ1n) is 7.61. The highest BCUT2D eigenvalue weighted by Gasteiger charge is 2.35. The molecule has 0 atom stereocenters. The average Bonchev–Trinajstić information content (AvgIpc) is 2.48. The van der Waals surface area contributed by atoms with Gasteiger partial charge in [0.15, 0.2) is 0 Å². The highest BCUT2D eigenvalue weighted by Crippen LogP contribution is 2.34. The topological polar surface area (TPSA) is 75.9 Å².